The minimum atomic E-state index is 0.169. The summed E-state index contributed by atoms with van der Waals surface area (Å²) in [6, 6.07) is 0.333. The van der Waals surface area contributed by atoms with Gasteiger partial charge in [-0.3, -0.25) is 9.59 Å². The maximum Gasteiger partial charge on any atom is 0.222 e. The highest BCUT2D eigenvalue weighted by atomic mass is 16.5. The number of likely N-dealkylation sites (tertiary alicyclic amines) is 1. The summed E-state index contributed by atoms with van der Waals surface area (Å²) in [5.41, 5.74) is 0. The lowest BCUT2D eigenvalue weighted by Gasteiger charge is -2.50. The molecule has 0 aromatic rings. The number of nitrogens with one attached hydrogen (secondary N) is 1. The van der Waals surface area contributed by atoms with Crippen molar-refractivity contribution >= 4 is 11.8 Å². The average molecular weight is 348 g/mol. The van der Waals surface area contributed by atoms with Crippen molar-refractivity contribution in [3.05, 3.63) is 0 Å². The summed E-state index contributed by atoms with van der Waals surface area (Å²) in [4.78, 5) is 26.2. The number of carbonyl (C=O) groups excluding carboxylic acids is 2. The molecule has 25 heavy (non-hydrogen) atoms. The first-order chi connectivity index (χ1) is 12.2. The van der Waals surface area contributed by atoms with Gasteiger partial charge in [0.15, 0.2) is 0 Å². The van der Waals surface area contributed by atoms with Crippen molar-refractivity contribution in [1.29, 1.82) is 0 Å². The van der Waals surface area contributed by atoms with E-state index < -0.39 is 0 Å². The molecule has 0 bridgehead atoms. The lowest BCUT2D eigenvalue weighted by molar-refractivity contribution is -0.134. The molecule has 2 amide bonds. The third-order valence-electron chi connectivity index (χ3n) is 6.96. The topological polar surface area (TPSA) is 58.6 Å². The van der Waals surface area contributed by atoms with Crippen LogP contribution >= 0.6 is 0 Å². The molecule has 2 aliphatic heterocycles. The molecule has 0 spiro atoms. The first kappa shape index (κ1) is 17.3. The summed E-state index contributed by atoms with van der Waals surface area (Å²) in [7, 11) is 0. The van der Waals surface area contributed by atoms with Crippen molar-refractivity contribution in [3.8, 4) is 0 Å². The summed E-state index contributed by atoms with van der Waals surface area (Å²) in [6.07, 6.45) is 10.9. The summed E-state index contributed by atoms with van der Waals surface area (Å²) in [5, 5.41) is 3.34. The third-order valence-corrected chi connectivity index (χ3v) is 6.96. The van der Waals surface area contributed by atoms with E-state index in [1.54, 1.807) is 0 Å². The number of amides is 2. The quantitative estimate of drug-likeness (QED) is 0.802. The van der Waals surface area contributed by atoms with Gasteiger partial charge in [-0.05, 0) is 31.6 Å². The molecule has 5 nitrogen and oxygen atoms in total. The van der Waals surface area contributed by atoms with E-state index in [4.69, 9.17) is 4.74 Å². The van der Waals surface area contributed by atoms with Crippen molar-refractivity contribution in [1.82, 2.24) is 10.2 Å². The summed E-state index contributed by atoms with van der Waals surface area (Å²) in [6.45, 7) is 2.47. The van der Waals surface area contributed by atoms with Crippen LogP contribution in [0.25, 0.3) is 0 Å². The molecule has 4 aliphatic rings. The van der Waals surface area contributed by atoms with Gasteiger partial charge < -0.3 is 15.0 Å². The maximum absolute atomic E-state index is 12.5. The monoisotopic (exact) mass is 348 g/mol. The Morgan fingerprint density at radius 3 is 2.80 bits per heavy atom. The molecule has 0 aromatic heterocycles. The Morgan fingerprint density at radius 1 is 1.16 bits per heavy atom. The third kappa shape index (κ3) is 3.57. The van der Waals surface area contributed by atoms with Gasteiger partial charge in [-0.2, -0.15) is 0 Å². The van der Waals surface area contributed by atoms with E-state index in [-0.39, 0.29) is 11.8 Å². The van der Waals surface area contributed by atoms with Crippen molar-refractivity contribution in [2.75, 3.05) is 19.7 Å². The van der Waals surface area contributed by atoms with Crippen molar-refractivity contribution < 1.29 is 14.3 Å². The fraction of sp³-hybridized carbons (Fsp3) is 0.900. The van der Waals surface area contributed by atoms with E-state index in [2.05, 4.69) is 5.32 Å². The zero-order valence-electron chi connectivity index (χ0n) is 15.3. The van der Waals surface area contributed by atoms with Gasteiger partial charge in [0.2, 0.25) is 11.8 Å². The molecule has 0 aromatic carbocycles. The second-order valence-electron chi connectivity index (χ2n) is 8.44. The zero-order chi connectivity index (χ0) is 17.2. The van der Waals surface area contributed by atoms with Gasteiger partial charge in [0.05, 0.1) is 6.10 Å². The number of hydrogen-bond donors (Lipinski definition) is 1. The van der Waals surface area contributed by atoms with Crippen LogP contribution in [-0.2, 0) is 14.3 Å². The molecule has 2 saturated heterocycles. The predicted molar refractivity (Wildman–Crippen MR) is 94.9 cm³/mol. The van der Waals surface area contributed by atoms with Crippen molar-refractivity contribution in [3.63, 3.8) is 0 Å². The van der Waals surface area contributed by atoms with Crippen LogP contribution in [0.5, 0.6) is 0 Å². The van der Waals surface area contributed by atoms with Gasteiger partial charge in [0.1, 0.15) is 0 Å². The van der Waals surface area contributed by atoms with Crippen LogP contribution in [0, 0.1) is 17.8 Å². The molecule has 140 valence electrons. The van der Waals surface area contributed by atoms with E-state index in [0.29, 0.717) is 36.8 Å². The van der Waals surface area contributed by atoms with Crippen LogP contribution in [0.3, 0.4) is 0 Å². The lowest BCUT2D eigenvalue weighted by Crippen LogP contribution is -2.63. The molecule has 0 radical (unpaired) electrons. The largest absolute Gasteiger partial charge is 0.377 e. The molecule has 2 aliphatic carbocycles. The molecule has 4 rings (SSSR count). The van der Waals surface area contributed by atoms with Gasteiger partial charge in [0.25, 0.3) is 0 Å². The Morgan fingerprint density at radius 2 is 2.00 bits per heavy atom. The van der Waals surface area contributed by atoms with E-state index in [0.717, 1.165) is 51.3 Å². The molecule has 5 heteroatoms. The normalized spacial score (nSPS) is 35.5. The summed E-state index contributed by atoms with van der Waals surface area (Å²) in [5.74, 6) is 2.26. The second-order valence-corrected chi connectivity index (χ2v) is 8.44. The number of carbonyl (C=O) groups is 2. The van der Waals surface area contributed by atoms with Gasteiger partial charge in [-0.15, -0.1) is 0 Å². The standard InChI is InChI=1S/C20H32N2O3/c23-16(8-5-12-22-11-4-3-9-17(22)24)21-19-15-10-13-25-20(15)18(19)14-6-1-2-7-14/h14-15,18-20H,1-13H2,(H,21,23)/t15-,18+,19+,20-/m1/s1. The van der Waals surface area contributed by atoms with Crippen LogP contribution in [0.4, 0.5) is 0 Å². The van der Waals surface area contributed by atoms with Crippen molar-refractivity contribution in [2.24, 2.45) is 17.8 Å². The second kappa shape index (κ2) is 7.65. The highest BCUT2D eigenvalue weighted by Gasteiger charge is 2.56. The summed E-state index contributed by atoms with van der Waals surface area (Å²) >= 11 is 0. The minimum absolute atomic E-state index is 0.169. The van der Waals surface area contributed by atoms with Gasteiger partial charge >= 0.3 is 0 Å². The average Bonchev–Trinajstić information content (AvgIpc) is 3.26. The van der Waals surface area contributed by atoms with E-state index in [1.807, 2.05) is 4.90 Å². The molecule has 2 saturated carbocycles. The van der Waals surface area contributed by atoms with Gasteiger partial charge in [0, 0.05) is 50.4 Å². The molecule has 0 unspecified atom stereocenters. The van der Waals surface area contributed by atoms with Crippen LogP contribution in [0.1, 0.15) is 64.2 Å². The highest BCUT2D eigenvalue weighted by Crippen LogP contribution is 2.51. The molecule has 4 fully saturated rings. The van der Waals surface area contributed by atoms with E-state index in [1.165, 1.54) is 25.7 Å². The first-order valence-electron chi connectivity index (χ1n) is 10.4. The minimum Gasteiger partial charge on any atom is -0.377 e. The lowest BCUT2D eigenvalue weighted by atomic mass is 9.61. The Balaban J connectivity index is 1.24. The number of piperidine rings is 1. The van der Waals surface area contributed by atoms with Crippen LogP contribution < -0.4 is 5.32 Å². The van der Waals surface area contributed by atoms with Crippen LogP contribution in [0.15, 0.2) is 0 Å². The smallest absolute Gasteiger partial charge is 0.222 e. The molecular weight excluding hydrogens is 316 g/mol. The zero-order valence-corrected chi connectivity index (χ0v) is 15.3. The number of rotatable bonds is 6. The molecule has 2 heterocycles. The Kier molecular flexibility index (Phi) is 5.30. The maximum atomic E-state index is 12.5. The van der Waals surface area contributed by atoms with Gasteiger partial charge in [-0.1, -0.05) is 25.7 Å². The van der Waals surface area contributed by atoms with Crippen LogP contribution in [0.2, 0.25) is 0 Å². The van der Waals surface area contributed by atoms with E-state index in [9.17, 15) is 9.59 Å². The number of ether oxygens (including phenoxy) is 1. The number of fused-ring (bicyclic) bond motifs is 1. The van der Waals surface area contributed by atoms with Gasteiger partial charge in [-0.25, -0.2) is 0 Å². The fourth-order valence-corrected chi connectivity index (χ4v) is 5.65. The SMILES string of the molecule is O=C(CCCN1CCCCC1=O)N[C@H]1[C@H]2CCO[C@H]2[C@H]1C1CCCC1. The Bertz CT molecular complexity index is 498. The van der Waals surface area contributed by atoms with Crippen LogP contribution in [-0.4, -0.2) is 48.6 Å². The number of nitrogens with zero attached hydrogens (tertiary/aromatic N) is 1. The highest BCUT2D eigenvalue weighted by molar-refractivity contribution is 5.78. The Hall–Kier alpha value is -1.10. The molecule has 1 N–H and O–H groups in total. The summed E-state index contributed by atoms with van der Waals surface area (Å²) < 4.78 is 5.97. The fourth-order valence-electron chi connectivity index (χ4n) is 5.65. The Labute approximate surface area is 150 Å². The first-order valence-corrected chi connectivity index (χ1v) is 10.4. The van der Waals surface area contributed by atoms with E-state index >= 15 is 0 Å². The predicted octanol–water partition coefficient (Wildman–Crippen LogP) is 2.49. The molecule has 4 atom stereocenters. The number of hydrogen-bond acceptors (Lipinski definition) is 3. The molecular formula is C20H32N2O3. The van der Waals surface area contributed by atoms with Crippen molar-refractivity contribution in [2.45, 2.75) is 76.4 Å².